The average Bonchev–Trinajstić information content (AvgIpc) is 2.89. The van der Waals surface area contributed by atoms with E-state index in [-0.39, 0.29) is 38.5 Å². The number of nitrogens with zero attached hydrogens (tertiary/aromatic N) is 4. The second kappa shape index (κ2) is 7.13. The van der Waals surface area contributed by atoms with E-state index in [4.69, 9.17) is 4.74 Å². The van der Waals surface area contributed by atoms with Crippen molar-refractivity contribution in [3.63, 3.8) is 0 Å². The lowest BCUT2D eigenvalue weighted by Gasteiger charge is -2.42. The fourth-order valence-electron chi connectivity index (χ4n) is 4.06. The Morgan fingerprint density at radius 1 is 1.17 bits per heavy atom. The van der Waals surface area contributed by atoms with Crippen molar-refractivity contribution < 1.29 is 22.7 Å². The first-order chi connectivity index (χ1) is 13.5. The molecule has 0 saturated carbocycles. The highest BCUT2D eigenvalue weighted by atomic mass is 127. The van der Waals surface area contributed by atoms with Gasteiger partial charge in [-0.25, -0.2) is 13.6 Å². The summed E-state index contributed by atoms with van der Waals surface area (Å²) in [5.74, 6) is -1.51. The molecule has 0 radical (unpaired) electrons. The fourth-order valence-corrected chi connectivity index (χ4v) is 4.47. The summed E-state index contributed by atoms with van der Waals surface area (Å²) in [6.07, 6.45) is 0.0877. The first-order valence-corrected chi connectivity index (χ1v) is 10.4. The number of piperazine rings is 1. The molecule has 29 heavy (non-hydrogen) atoms. The van der Waals surface area contributed by atoms with Crippen molar-refractivity contribution in [2.75, 3.05) is 18.0 Å². The molecule has 1 amide bonds. The molecule has 2 bridgehead atoms. The van der Waals surface area contributed by atoms with E-state index in [1.54, 1.807) is 9.80 Å². The van der Waals surface area contributed by atoms with Gasteiger partial charge >= 0.3 is 12.2 Å². The Hall–Kier alpha value is -1.85. The van der Waals surface area contributed by atoms with E-state index in [2.05, 4.69) is 9.97 Å². The number of rotatable bonds is 1. The van der Waals surface area contributed by atoms with Crippen LogP contribution >= 0.6 is 22.6 Å². The van der Waals surface area contributed by atoms with Crippen LogP contribution in [0.25, 0.3) is 10.9 Å². The van der Waals surface area contributed by atoms with Crippen LogP contribution in [0.3, 0.4) is 0 Å². The summed E-state index contributed by atoms with van der Waals surface area (Å²) in [4.78, 5) is 23.5. The molecule has 2 aromatic rings. The van der Waals surface area contributed by atoms with E-state index in [1.165, 1.54) is 22.6 Å². The van der Waals surface area contributed by atoms with Crippen molar-refractivity contribution in [3.8, 4) is 0 Å². The standard InChI is InChI=1S/C19H20F3IN4O2/c1-19(2,3)29-18(28)27-9-4-5-10(27)8-26(7-9)16-11-6-12(20)14(23)13(21)15(11)24-17(22)25-16/h6,9-10H,4-5,7-8H2,1-3H3/t9-,10?/m0/s1. The van der Waals surface area contributed by atoms with Gasteiger partial charge in [-0.05, 0) is 62.3 Å². The summed E-state index contributed by atoms with van der Waals surface area (Å²) in [6.45, 7) is 6.17. The number of halogens is 4. The summed E-state index contributed by atoms with van der Waals surface area (Å²) in [6, 6.07) is 0.849. The molecule has 2 atom stereocenters. The Kier molecular flexibility index (Phi) is 5.02. The number of carbonyl (C=O) groups is 1. The van der Waals surface area contributed by atoms with E-state index in [0.29, 0.717) is 13.1 Å². The number of aromatic nitrogens is 2. The number of anilines is 1. The van der Waals surface area contributed by atoms with Crippen LogP contribution in [0.2, 0.25) is 0 Å². The van der Waals surface area contributed by atoms with Gasteiger partial charge in [0.15, 0.2) is 5.82 Å². The van der Waals surface area contributed by atoms with Gasteiger partial charge in [0.25, 0.3) is 0 Å². The monoisotopic (exact) mass is 520 g/mol. The molecule has 0 spiro atoms. The normalized spacial score (nSPS) is 21.8. The molecule has 3 heterocycles. The maximum Gasteiger partial charge on any atom is 0.410 e. The summed E-state index contributed by atoms with van der Waals surface area (Å²) < 4.78 is 48.0. The van der Waals surface area contributed by atoms with E-state index in [9.17, 15) is 18.0 Å². The van der Waals surface area contributed by atoms with Crippen LogP contribution in [-0.2, 0) is 4.74 Å². The predicted octanol–water partition coefficient (Wildman–Crippen LogP) is 4.24. The van der Waals surface area contributed by atoms with Gasteiger partial charge in [0, 0.05) is 18.5 Å². The Morgan fingerprint density at radius 2 is 1.79 bits per heavy atom. The minimum absolute atomic E-state index is 0.118. The first-order valence-electron chi connectivity index (χ1n) is 9.32. The van der Waals surface area contributed by atoms with Crippen LogP contribution < -0.4 is 4.90 Å². The molecule has 156 valence electrons. The maximum atomic E-state index is 14.5. The molecule has 4 rings (SSSR count). The first kappa shape index (κ1) is 20.4. The number of carbonyl (C=O) groups excluding carboxylic acids is 1. The largest absolute Gasteiger partial charge is 0.444 e. The summed E-state index contributed by atoms with van der Waals surface area (Å²) in [5.41, 5.74) is -0.855. The minimum Gasteiger partial charge on any atom is -0.444 e. The van der Waals surface area contributed by atoms with E-state index in [1.807, 2.05) is 20.8 Å². The third kappa shape index (κ3) is 3.71. The Balaban J connectivity index is 1.68. The number of amides is 1. The van der Waals surface area contributed by atoms with Gasteiger partial charge in [-0.1, -0.05) is 0 Å². The Bertz CT molecular complexity index is 984. The van der Waals surface area contributed by atoms with Gasteiger partial charge in [-0.3, -0.25) is 4.90 Å². The quantitative estimate of drug-likeness (QED) is 0.320. The Labute approximate surface area is 179 Å². The lowest BCUT2D eigenvalue weighted by molar-refractivity contribution is 0.0123. The molecule has 0 aliphatic carbocycles. The smallest absolute Gasteiger partial charge is 0.410 e. The third-order valence-electron chi connectivity index (χ3n) is 5.17. The van der Waals surface area contributed by atoms with E-state index in [0.717, 1.165) is 18.9 Å². The zero-order valence-electron chi connectivity index (χ0n) is 16.2. The third-order valence-corrected chi connectivity index (χ3v) is 6.15. The second-order valence-corrected chi connectivity index (χ2v) is 9.46. The van der Waals surface area contributed by atoms with Gasteiger partial charge in [0.1, 0.15) is 22.8 Å². The highest BCUT2D eigenvalue weighted by Crippen LogP contribution is 2.36. The van der Waals surface area contributed by atoms with Crippen molar-refractivity contribution in [2.24, 2.45) is 0 Å². The second-order valence-electron chi connectivity index (χ2n) is 8.38. The average molecular weight is 520 g/mol. The molecule has 1 unspecified atom stereocenters. The van der Waals surface area contributed by atoms with Gasteiger partial charge in [-0.15, -0.1) is 0 Å². The van der Waals surface area contributed by atoms with Crippen LogP contribution in [0.5, 0.6) is 0 Å². The molecule has 6 nitrogen and oxygen atoms in total. The number of ether oxygens (including phenoxy) is 1. The molecular weight excluding hydrogens is 500 g/mol. The molecule has 2 saturated heterocycles. The zero-order chi connectivity index (χ0) is 21.1. The van der Waals surface area contributed by atoms with Crippen LogP contribution in [0.1, 0.15) is 33.6 Å². The topological polar surface area (TPSA) is 58.6 Å². The van der Waals surface area contributed by atoms with Crippen molar-refractivity contribution in [3.05, 3.63) is 27.3 Å². The summed E-state index contributed by atoms with van der Waals surface area (Å²) in [5, 5.41) is 0.118. The summed E-state index contributed by atoms with van der Waals surface area (Å²) >= 11 is 1.53. The molecule has 10 heteroatoms. The molecular formula is C19H20F3IN4O2. The minimum atomic E-state index is -1.07. The van der Waals surface area contributed by atoms with Crippen LogP contribution in [0.4, 0.5) is 23.8 Å². The van der Waals surface area contributed by atoms with E-state index >= 15 is 0 Å². The molecule has 1 aromatic heterocycles. The SMILES string of the molecule is CC(C)(C)OC(=O)N1C2CC[C@H]1CN(c1nc(F)nc3c(F)c(I)c(F)cc13)C2. The van der Waals surface area contributed by atoms with Crippen molar-refractivity contribution >= 4 is 45.4 Å². The lowest BCUT2D eigenvalue weighted by atomic mass is 10.1. The molecule has 2 aliphatic heterocycles. The van der Waals surface area contributed by atoms with Gasteiger partial charge in [-0.2, -0.15) is 14.4 Å². The highest BCUT2D eigenvalue weighted by molar-refractivity contribution is 14.1. The lowest BCUT2D eigenvalue weighted by Crippen LogP contribution is -2.57. The van der Waals surface area contributed by atoms with Crippen molar-refractivity contribution in [2.45, 2.75) is 51.3 Å². The number of fused-ring (bicyclic) bond motifs is 3. The van der Waals surface area contributed by atoms with Crippen LogP contribution in [0.15, 0.2) is 6.07 Å². The zero-order valence-corrected chi connectivity index (χ0v) is 18.3. The maximum absolute atomic E-state index is 14.5. The fraction of sp³-hybridized carbons (Fsp3) is 0.526. The molecule has 2 fully saturated rings. The summed E-state index contributed by atoms with van der Waals surface area (Å²) in [7, 11) is 0. The highest BCUT2D eigenvalue weighted by Gasteiger charge is 2.45. The van der Waals surface area contributed by atoms with Crippen molar-refractivity contribution in [1.82, 2.24) is 14.9 Å². The predicted molar refractivity (Wildman–Crippen MR) is 109 cm³/mol. The van der Waals surface area contributed by atoms with Gasteiger partial charge in [0.2, 0.25) is 0 Å². The van der Waals surface area contributed by atoms with Crippen LogP contribution in [0, 0.1) is 21.3 Å². The van der Waals surface area contributed by atoms with Gasteiger partial charge in [0.05, 0.1) is 15.7 Å². The number of benzene rings is 1. The molecule has 0 N–H and O–H groups in total. The molecule has 2 aliphatic rings. The molecule has 1 aromatic carbocycles. The number of hydrogen-bond donors (Lipinski definition) is 0. The van der Waals surface area contributed by atoms with Gasteiger partial charge < -0.3 is 9.64 Å². The van der Waals surface area contributed by atoms with Crippen LogP contribution in [-0.4, -0.2) is 51.7 Å². The Morgan fingerprint density at radius 3 is 2.38 bits per heavy atom. The number of hydrogen-bond acceptors (Lipinski definition) is 5. The van der Waals surface area contributed by atoms with E-state index < -0.39 is 23.3 Å². The van der Waals surface area contributed by atoms with Crippen molar-refractivity contribution in [1.29, 1.82) is 0 Å².